The molecule has 1 aliphatic carbocycles. The van der Waals surface area contributed by atoms with Crippen LogP contribution in [0.15, 0.2) is 0 Å². The van der Waals surface area contributed by atoms with E-state index in [1.54, 1.807) is 0 Å². The highest BCUT2D eigenvalue weighted by Crippen LogP contribution is 2.41. The van der Waals surface area contributed by atoms with Crippen molar-refractivity contribution < 1.29 is 9.53 Å². The number of hydrogen-bond acceptors (Lipinski definition) is 2. The van der Waals surface area contributed by atoms with Gasteiger partial charge in [0.2, 0.25) is 0 Å². The monoisotopic (exact) mass is 298 g/mol. The van der Waals surface area contributed by atoms with Crippen LogP contribution in [0.1, 0.15) is 99.8 Å². The van der Waals surface area contributed by atoms with E-state index in [1.807, 2.05) is 27.7 Å². The van der Waals surface area contributed by atoms with Crippen molar-refractivity contribution in [1.82, 2.24) is 0 Å². The first kappa shape index (κ1) is 20.5. The summed E-state index contributed by atoms with van der Waals surface area (Å²) >= 11 is 0. The van der Waals surface area contributed by atoms with Crippen LogP contribution in [0.2, 0.25) is 0 Å². The van der Waals surface area contributed by atoms with Crippen molar-refractivity contribution in [2.45, 2.75) is 105 Å². The van der Waals surface area contributed by atoms with E-state index in [-0.39, 0.29) is 17.0 Å². The Morgan fingerprint density at radius 3 is 1.81 bits per heavy atom. The third-order valence-electron chi connectivity index (χ3n) is 5.28. The van der Waals surface area contributed by atoms with Crippen molar-refractivity contribution >= 4 is 5.97 Å². The zero-order valence-corrected chi connectivity index (χ0v) is 15.6. The van der Waals surface area contributed by atoms with Gasteiger partial charge >= 0.3 is 5.97 Å². The van der Waals surface area contributed by atoms with Crippen molar-refractivity contribution in [3.8, 4) is 0 Å². The minimum Gasteiger partial charge on any atom is -0.458 e. The van der Waals surface area contributed by atoms with E-state index in [0.29, 0.717) is 5.92 Å². The predicted molar refractivity (Wildman–Crippen MR) is 91.4 cm³/mol. The molecule has 0 saturated heterocycles. The standard InChI is InChI=1S/C17H32O2.C2H6/c1-6-16(4,5)15(18)19-17(7-2,8-3)14-12-10-9-11-13-14;1-2/h14H,6-13H2,1-5H3;1-2H3. The molecule has 0 aliphatic heterocycles. The zero-order valence-electron chi connectivity index (χ0n) is 15.6. The fourth-order valence-corrected chi connectivity index (χ4v) is 3.15. The summed E-state index contributed by atoms with van der Waals surface area (Å²) in [5.74, 6) is 0.553. The summed E-state index contributed by atoms with van der Waals surface area (Å²) in [6.07, 6.45) is 9.10. The molecular weight excluding hydrogens is 260 g/mol. The molecule has 0 aromatic rings. The second-order valence-corrected chi connectivity index (χ2v) is 6.73. The van der Waals surface area contributed by atoms with Crippen LogP contribution < -0.4 is 0 Å². The second-order valence-electron chi connectivity index (χ2n) is 6.73. The molecular formula is C19H38O2. The number of esters is 1. The summed E-state index contributed by atoms with van der Waals surface area (Å²) in [4.78, 5) is 12.4. The van der Waals surface area contributed by atoms with Crippen molar-refractivity contribution in [2.24, 2.45) is 11.3 Å². The molecule has 0 amide bonds. The molecule has 1 aliphatic rings. The van der Waals surface area contributed by atoms with Crippen LogP contribution in [0.3, 0.4) is 0 Å². The predicted octanol–water partition coefficient (Wildman–Crippen LogP) is 6.13. The fraction of sp³-hybridized carbons (Fsp3) is 0.947. The molecule has 0 unspecified atom stereocenters. The van der Waals surface area contributed by atoms with Crippen LogP contribution in [-0.2, 0) is 9.53 Å². The van der Waals surface area contributed by atoms with E-state index in [2.05, 4.69) is 20.8 Å². The van der Waals surface area contributed by atoms with Gasteiger partial charge in [0, 0.05) is 0 Å². The molecule has 0 radical (unpaired) electrons. The molecule has 1 saturated carbocycles. The smallest absolute Gasteiger partial charge is 0.312 e. The zero-order chi connectivity index (χ0) is 16.5. The van der Waals surface area contributed by atoms with Crippen molar-refractivity contribution in [1.29, 1.82) is 0 Å². The van der Waals surface area contributed by atoms with E-state index in [9.17, 15) is 4.79 Å². The minimum absolute atomic E-state index is 0.00993. The summed E-state index contributed by atoms with van der Waals surface area (Å²) in [7, 11) is 0. The lowest BCUT2D eigenvalue weighted by molar-refractivity contribution is -0.180. The van der Waals surface area contributed by atoms with Gasteiger partial charge in [-0.15, -0.1) is 0 Å². The van der Waals surface area contributed by atoms with Crippen molar-refractivity contribution in [3.05, 3.63) is 0 Å². The SMILES string of the molecule is CC.CCC(C)(C)C(=O)OC(CC)(CC)C1CCCCC1. The molecule has 0 atom stereocenters. The molecule has 0 heterocycles. The Bertz CT molecular complexity index is 284. The number of ether oxygens (including phenoxy) is 1. The molecule has 2 heteroatoms. The third kappa shape index (κ3) is 5.30. The summed E-state index contributed by atoms with van der Waals surface area (Å²) in [6.45, 7) is 14.4. The first-order chi connectivity index (χ1) is 9.91. The van der Waals surface area contributed by atoms with E-state index in [0.717, 1.165) is 19.3 Å². The number of rotatable bonds is 6. The molecule has 0 aromatic carbocycles. The maximum Gasteiger partial charge on any atom is 0.312 e. The molecule has 2 nitrogen and oxygen atoms in total. The largest absolute Gasteiger partial charge is 0.458 e. The van der Waals surface area contributed by atoms with E-state index < -0.39 is 0 Å². The van der Waals surface area contributed by atoms with Gasteiger partial charge in [0.05, 0.1) is 5.41 Å². The molecule has 21 heavy (non-hydrogen) atoms. The lowest BCUT2D eigenvalue weighted by Crippen LogP contribution is -2.45. The highest BCUT2D eigenvalue weighted by Gasteiger charge is 2.42. The Labute approximate surface area is 133 Å². The molecule has 0 spiro atoms. The Balaban J connectivity index is 0.00000191. The van der Waals surface area contributed by atoms with E-state index >= 15 is 0 Å². The van der Waals surface area contributed by atoms with Gasteiger partial charge < -0.3 is 4.74 Å². The maximum atomic E-state index is 12.4. The van der Waals surface area contributed by atoms with Gasteiger partial charge in [-0.2, -0.15) is 0 Å². The van der Waals surface area contributed by atoms with E-state index in [1.165, 1.54) is 32.1 Å². The van der Waals surface area contributed by atoms with Gasteiger partial charge in [0.25, 0.3) is 0 Å². The number of hydrogen-bond donors (Lipinski definition) is 0. The van der Waals surface area contributed by atoms with Gasteiger partial charge in [0.1, 0.15) is 5.60 Å². The van der Waals surface area contributed by atoms with Gasteiger partial charge in [-0.25, -0.2) is 0 Å². The molecule has 0 N–H and O–H groups in total. The molecule has 0 bridgehead atoms. The summed E-state index contributed by atoms with van der Waals surface area (Å²) in [6, 6.07) is 0. The van der Waals surface area contributed by atoms with Crippen LogP contribution >= 0.6 is 0 Å². The summed E-state index contributed by atoms with van der Waals surface area (Å²) in [5, 5.41) is 0. The van der Waals surface area contributed by atoms with Gasteiger partial charge in [-0.3, -0.25) is 4.79 Å². The van der Waals surface area contributed by atoms with Gasteiger partial charge in [0.15, 0.2) is 0 Å². The van der Waals surface area contributed by atoms with Crippen LogP contribution in [0.25, 0.3) is 0 Å². The lowest BCUT2D eigenvalue weighted by atomic mass is 9.73. The van der Waals surface area contributed by atoms with Crippen LogP contribution in [0.4, 0.5) is 0 Å². The minimum atomic E-state index is -0.357. The topological polar surface area (TPSA) is 26.3 Å². The maximum absolute atomic E-state index is 12.4. The molecule has 0 aromatic heterocycles. The normalized spacial score (nSPS) is 16.9. The third-order valence-corrected chi connectivity index (χ3v) is 5.28. The molecule has 126 valence electrons. The second kappa shape index (κ2) is 9.48. The Morgan fingerprint density at radius 1 is 0.952 bits per heavy atom. The average molecular weight is 299 g/mol. The Morgan fingerprint density at radius 2 is 1.43 bits per heavy atom. The summed E-state index contributed by atoms with van der Waals surface area (Å²) < 4.78 is 6.09. The first-order valence-electron chi connectivity index (χ1n) is 9.15. The van der Waals surface area contributed by atoms with Crippen molar-refractivity contribution in [3.63, 3.8) is 0 Å². The fourth-order valence-electron chi connectivity index (χ4n) is 3.15. The van der Waals surface area contributed by atoms with Gasteiger partial charge in [-0.05, 0) is 51.9 Å². The number of carbonyl (C=O) groups is 1. The number of carbonyl (C=O) groups excluding carboxylic acids is 1. The molecule has 1 rings (SSSR count). The highest BCUT2D eigenvalue weighted by molar-refractivity contribution is 5.76. The highest BCUT2D eigenvalue weighted by atomic mass is 16.6. The summed E-state index contributed by atoms with van der Waals surface area (Å²) in [5.41, 5.74) is -0.575. The van der Waals surface area contributed by atoms with Crippen molar-refractivity contribution in [2.75, 3.05) is 0 Å². The van der Waals surface area contributed by atoms with E-state index in [4.69, 9.17) is 4.74 Å². The van der Waals surface area contributed by atoms with Crippen LogP contribution in [0, 0.1) is 11.3 Å². The average Bonchev–Trinajstić information content (AvgIpc) is 2.55. The van der Waals surface area contributed by atoms with Crippen LogP contribution in [0.5, 0.6) is 0 Å². The first-order valence-corrected chi connectivity index (χ1v) is 9.15. The molecule has 1 fully saturated rings. The Kier molecular flexibility index (Phi) is 9.24. The Hall–Kier alpha value is -0.530. The quantitative estimate of drug-likeness (QED) is 0.551. The lowest BCUT2D eigenvalue weighted by Gasteiger charge is -2.42. The van der Waals surface area contributed by atoms with Gasteiger partial charge in [-0.1, -0.05) is 53.9 Å². The van der Waals surface area contributed by atoms with Crippen LogP contribution in [-0.4, -0.2) is 11.6 Å².